The molecule has 0 bridgehead atoms. The molecule has 0 saturated carbocycles. The van der Waals surface area contributed by atoms with E-state index in [0.717, 1.165) is 12.2 Å². The van der Waals surface area contributed by atoms with Gasteiger partial charge in [-0.1, -0.05) is 42.5 Å². The first-order chi connectivity index (χ1) is 8.24. The molecule has 1 aliphatic rings. The zero-order valence-electron chi connectivity index (χ0n) is 10.0. The summed E-state index contributed by atoms with van der Waals surface area (Å²) in [5.74, 6) is 0. The minimum atomic E-state index is -0.446. The fourth-order valence-electron chi connectivity index (χ4n) is 1.73. The summed E-state index contributed by atoms with van der Waals surface area (Å²) in [6, 6.07) is 10.0. The summed E-state index contributed by atoms with van der Waals surface area (Å²) in [5, 5.41) is 8.83. The summed E-state index contributed by atoms with van der Waals surface area (Å²) in [6.45, 7) is 3.28. The minimum Gasteiger partial charge on any atom is -0.392 e. The minimum absolute atomic E-state index is 0.0248. The number of rotatable bonds is 6. The van der Waals surface area contributed by atoms with Crippen molar-refractivity contribution in [1.82, 2.24) is 0 Å². The lowest BCUT2D eigenvalue weighted by atomic mass is 10.0. The SMILES string of the molecule is C[C@@](/C=C\CO)(OCc1ccccc1)[C@H]1CO1. The van der Waals surface area contributed by atoms with Crippen LogP contribution in [0.4, 0.5) is 0 Å². The fourth-order valence-corrected chi connectivity index (χ4v) is 1.73. The summed E-state index contributed by atoms with van der Waals surface area (Å²) >= 11 is 0. The van der Waals surface area contributed by atoms with E-state index in [1.54, 1.807) is 6.08 Å². The first kappa shape index (κ1) is 12.3. The third-order valence-electron chi connectivity index (χ3n) is 2.92. The molecule has 1 N–H and O–H groups in total. The highest BCUT2D eigenvalue weighted by molar-refractivity contribution is 5.15. The Labute approximate surface area is 102 Å². The van der Waals surface area contributed by atoms with Crippen molar-refractivity contribution >= 4 is 0 Å². The van der Waals surface area contributed by atoms with Crippen LogP contribution in [0, 0.1) is 0 Å². The molecule has 1 heterocycles. The van der Waals surface area contributed by atoms with Crippen LogP contribution in [-0.2, 0) is 16.1 Å². The maximum atomic E-state index is 8.83. The molecule has 2 rings (SSSR count). The largest absolute Gasteiger partial charge is 0.392 e. The molecule has 2 atom stereocenters. The Hall–Kier alpha value is -1.16. The molecule has 0 unspecified atom stereocenters. The number of aliphatic hydroxyl groups excluding tert-OH is 1. The second kappa shape index (κ2) is 5.45. The van der Waals surface area contributed by atoms with Gasteiger partial charge in [0.25, 0.3) is 0 Å². The number of hydrogen-bond acceptors (Lipinski definition) is 3. The fraction of sp³-hybridized carbons (Fsp3) is 0.429. The Balaban J connectivity index is 1.96. The summed E-state index contributed by atoms with van der Waals surface area (Å²) in [6.07, 6.45) is 3.69. The predicted molar refractivity (Wildman–Crippen MR) is 65.6 cm³/mol. The maximum Gasteiger partial charge on any atom is 0.113 e. The Kier molecular flexibility index (Phi) is 3.94. The molecule has 92 valence electrons. The average Bonchev–Trinajstić information content (AvgIpc) is 3.20. The van der Waals surface area contributed by atoms with E-state index < -0.39 is 5.60 Å². The Morgan fingerprint density at radius 2 is 2.18 bits per heavy atom. The van der Waals surface area contributed by atoms with Crippen molar-refractivity contribution in [2.45, 2.75) is 25.2 Å². The van der Waals surface area contributed by atoms with Gasteiger partial charge < -0.3 is 14.6 Å². The highest BCUT2D eigenvalue weighted by atomic mass is 16.6. The van der Waals surface area contributed by atoms with Gasteiger partial charge in [0.1, 0.15) is 11.7 Å². The third kappa shape index (κ3) is 3.40. The normalized spacial score (nSPS) is 22.6. The van der Waals surface area contributed by atoms with Crippen LogP contribution >= 0.6 is 0 Å². The van der Waals surface area contributed by atoms with Gasteiger partial charge >= 0.3 is 0 Å². The van der Waals surface area contributed by atoms with E-state index in [2.05, 4.69) is 0 Å². The van der Waals surface area contributed by atoms with Gasteiger partial charge in [0.05, 0.1) is 19.8 Å². The average molecular weight is 234 g/mol. The Morgan fingerprint density at radius 3 is 2.76 bits per heavy atom. The molecule has 17 heavy (non-hydrogen) atoms. The predicted octanol–water partition coefficient (Wildman–Crippen LogP) is 1.91. The first-order valence-electron chi connectivity index (χ1n) is 5.82. The molecular weight excluding hydrogens is 216 g/mol. The van der Waals surface area contributed by atoms with Gasteiger partial charge in [0, 0.05) is 0 Å². The van der Waals surface area contributed by atoms with Gasteiger partial charge in [-0.15, -0.1) is 0 Å². The lowest BCUT2D eigenvalue weighted by Gasteiger charge is -2.24. The Morgan fingerprint density at radius 1 is 1.47 bits per heavy atom. The van der Waals surface area contributed by atoms with Crippen molar-refractivity contribution in [3.63, 3.8) is 0 Å². The van der Waals surface area contributed by atoms with Gasteiger partial charge in [-0.05, 0) is 12.5 Å². The van der Waals surface area contributed by atoms with E-state index in [0.29, 0.717) is 6.61 Å². The molecule has 1 aromatic rings. The zero-order valence-corrected chi connectivity index (χ0v) is 10.0. The smallest absolute Gasteiger partial charge is 0.113 e. The standard InChI is InChI=1S/C14H18O3/c1-14(8-5-9-15,13-11-16-13)17-10-12-6-3-2-4-7-12/h2-8,13,15H,9-11H2,1H3/b8-5-/t13-,14+/m1/s1. The second-order valence-corrected chi connectivity index (χ2v) is 4.37. The van der Waals surface area contributed by atoms with Crippen LogP contribution in [-0.4, -0.2) is 30.0 Å². The van der Waals surface area contributed by atoms with Crippen molar-refractivity contribution in [3.8, 4) is 0 Å². The molecule has 3 nitrogen and oxygen atoms in total. The lowest BCUT2D eigenvalue weighted by Crippen LogP contribution is -2.33. The van der Waals surface area contributed by atoms with Gasteiger partial charge in [0.2, 0.25) is 0 Å². The molecule has 3 heteroatoms. The quantitative estimate of drug-likeness (QED) is 0.604. The second-order valence-electron chi connectivity index (χ2n) is 4.37. The third-order valence-corrected chi connectivity index (χ3v) is 2.92. The molecule has 1 aromatic carbocycles. The molecule has 0 aliphatic carbocycles. The van der Waals surface area contributed by atoms with E-state index in [-0.39, 0.29) is 12.7 Å². The molecule has 1 fully saturated rings. The van der Waals surface area contributed by atoms with Crippen LogP contribution in [0.25, 0.3) is 0 Å². The van der Waals surface area contributed by atoms with Crippen LogP contribution in [0.15, 0.2) is 42.5 Å². The summed E-state index contributed by atoms with van der Waals surface area (Å²) in [4.78, 5) is 0. The monoisotopic (exact) mass is 234 g/mol. The molecular formula is C14H18O3. The topological polar surface area (TPSA) is 42.0 Å². The van der Waals surface area contributed by atoms with E-state index >= 15 is 0 Å². The number of epoxide rings is 1. The van der Waals surface area contributed by atoms with E-state index in [4.69, 9.17) is 14.6 Å². The number of benzene rings is 1. The van der Waals surface area contributed by atoms with Gasteiger partial charge in [0.15, 0.2) is 0 Å². The summed E-state index contributed by atoms with van der Waals surface area (Å²) in [7, 11) is 0. The van der Waals surface area contributed by atoms with Crippen molar-refractivity contribution in [3.05, 3.63) is 48.0 Å². The van der Waals surface area contributed by atoms with Gasteiger partial charge in [-0.3, -0.25) is 0 Å². The molecule has 1 saturated heterocycles. The van der Waals surface area contributed by atoms with Crippen LogP contribution in [0.1, 0.15) is 12.5 Å². The van der Waals surface area contributed by atoms with Crippen LogP contribution in [0.3, 0.4) is 0 Å². The molecule has 0 aromatic heterocycles. The molecule has 0 radical (unpaired) electrons. The van der Waals surface area contributed by atoms with Crippen LogP contribution in [0.2, 0.25) is 0 Å². The molecule has 0 amide bonds. The first-order valence-corrected chi connectivity index (χ1v) is 5.82. The number of ether oxygens (including phenoxy) is 2. The van der Waals surface area contributed by atoms with Crippen molar-refractivity contribution in [1.29, 1.82) is 0 Å². The van der Waals surface area contributed by atoms with Crippen molar-refractivity contribution < 1.29 is 14.6 Å². The van der Waals surface area contributed by atoms with Gasteiger partial charge in [-0.25, -0.2) is 0 Å². The summed E-state index contributed by atoms with van der Waals surface area (Å²) in [5.41, 5.74) is 0.690. The maximum absolute atomic E-state index is 8.83. The number of aliphatic hydroxyl groups is 1. The highest BCUT2D eigenvalue weighted by Crippen LogP contribution is 2.30. The molecule has 1 aliphatic heterocycles. The lowest BCUT2D eigenvalue weighted by molar-refractivity contribution is -0.0256. The van der Waals surface area contributed by atoms with E-state index in [1.807, 2.05) is 43.3 Å². The van der Waals surface area contributed by atoms with E-state index in [1.165, 1.54) is 0 Å². The highest BCUT2D eigenvalue weighted by Gasteiger charge is 2.42. The van der Waals surface area contributed by atoms with Crippen LogP contribution < -0.4 is 0 Å². The summed E-state index contributed by atoms with van der Waals surface area (Å²) < 4.78 is 11.2. The van der Waals surface area contributed by atoms with Crippen molar-refractivity contribution in [2.24, 2.45) is 0 Å². The van der Waals surface area contributed by atoms with Gasteiger partial charge in [-0.2, -0.15) is 0 Å². The van der Waals surface area contributed by atoms with Crippen molar-refractivity contribution in [2.75, 3.05) is 13.2 Å². The molecule has 0 spiro atoms. The Bertz CT molecular complexity index is 370. The van der Waals surface area contributed by atoms with E-state index in [9.17, 15) is 0 Å². The zero-order chi connectivity index (χ0) is 12.1. The van der Waals surface area contributed by atoms with Crippen LogP contribution in [0.5, 0.6) is 0 Å². The number of hydrogen-bond donors (Lipinski definition) is 1.